The van der Waals surface area contributed by atoms with Crippen LogP contribution in [0.1, 0.15) is 49.3 Å². The van der Waals surface area contributed by atoms with E-state index in [0.717, 1.165) is 37.2 Å². The number of aromatic nitrogens is 4. The number of hydrogen-bond acceptors (Lipinski definition) is 7. The fourth-order valence-electron chi connectivity index (χ4n) is 3.07. The van der Waals surface area contributed by atoms with Gasteiger partial charge in [-0.3, -0.25) is 0 Å². The van der Waals surface area contributed by atoms with Crippen LogP contribution in [0.25, 0.3) is 0 Å². The number of thioether (sulfide) groups is 1. The van der Waals surface area contributed by atoms with Crippen LogP contribution in [-0.2, 0) is 9.47 Å². The summed E-state index contributed by atoms with van der Waals surface area (Å²) >= 11 is 1.97. The lowest BCUT2D eigenvalue weighted by Crippen LogP contribution is -2.43. The number of nitrogens with zero attached hydrogens (tertiary/aromatic N) is 4. The van der Waals surface area contributed by atoms with Gasteiger partial charge in [-0.15, -0.1) is 5.10 Å². The van der Waals surface area contributed by atoms with E-state index >= 15 is 0 Å². The standard InChI is InChI=1S/C13H20N4O3S/c1-2-19-12(18)11-14-15-16-17(11)10-3-6-20-13(9-10)4-7-21-8-5-13/h10H,2-9H2,1H3. The summed E-state index contributed by atoms with van der Waals surface area (Å²) in [6, 6.07) is 0.108. The lowest BCUT2D eigenvalue weighted by atomic mass is 9.85. The highest BCUT2D eigenvalue weighted by atomic mass is 32.2. The smallest absolute Gasteiger partial charge is 0.378 e. The predicted octanol–water partition coefficient (Wildman–Crippen LogP) is 1.47. The lowest BCUT2D eigenvalue weighted by Gasteiger charge is -2.43. The summed E-state index contributed by atoms with van der Waals surface area (Å²) in [5.41, 5.74) is -0.0634. The van der Waals surface area contributed by atoms with Crippen molar-refractivity contribution in [1.82, 2.24) is 20.2 Å². The molecule has 7 nitrogen and oxygen atoms in total. The van der Waals surface area contributed by atoms with E-state index in [4.69, 9.17) is 9.47 Å². The minimum absolute atomic E-state index is 0.0634. The van der Waals surface area contributed by atoms with Gasteiger partial charge in [0.25, 0.3) is 5.82 Å². The van der Waals surface area contributed by atoms with E-state index in [1.165, 1.54) is 0 Å². The monoisotopic (exact) mass is 312 g/mol. The predicted molar refractivity (Wildman–Crippen MR) is 77.3 cm³/mol. The van der Waals surface area contributed by atoms with Gasteiger partial charge in [0.15, 0.2) is 0 Å². The van der Waals surface area contributed by atoms with Gasteiger partial charge in [-0.05, 0) is 54.5 Å². The zero-order valence-electron chi connectivity index (χ0n) is 12.2. The number of ether oxygens (including phenoxy) is 2. The molecular formula is C13H20N4O3S. The molecule has 0 aliphatic carbocycles. The molecule has 8 heteroatoms. The number of rotatable bonds is 3. The van der Waals surface area contributed by atoms with Crippen molar-refractivity contribution < 1.29 is 14.3 Å². The van der Waals surface area contributed by atoms with Crippen molar-refractivity contribution in [3.05, 3.63) is 5.82 Å². The Morgan fingerprint density at radius 2 is 2.33 bits per heavy atom. The summed E-state index contributed by atoms with van der Waals surface area (Å²) in [4.78, 5) is 11.9. The Balaban J connectivity index is 1.77. The number of hydrogen-bond donors (Lipinski definition) is 0. The first-order valence-corrected chi connectivity index (χ1v) is 8.56. The normalized spacial score (nSPS) is 24.9. The molecule has 0 amide bonds. The van der Waals surface area contributed by atoms with E-state index in [2.05, 4.69) is 15.5 Å². The Labute approximate surface area is 127 Å². The van der Waals surface area contributed by atoms with Gasteiger partial charge < -0.3 is 9.47 Å². The minimum Gasteiger partial charge on any atom is -0.460 e. The van der Waals surface area contributed by atoms with Crippen LogP contribution >= 0.6 is 11.8 Å². The van der Waals surface area contributed by atoms with Crippen LogP contribution in [0.4, 0.5) is 0 Å². The molecule has 0 bridgehead atoms. The molecule has 3 heterocycles. The molecule has 2 aliphatic rings. The van der Waals surface area contributed by atoms with Gasteiger partial charge in [-0.2, -0.15) is 11.8 Å². The van der Waals surface area contributed by atoms with Gasteiger partial charge in [0.1, 0.15) is 0 Å². The second-order valence-electron chi connectivity index (χ2n) is 5.46. The highest BCUT2D eigenvalue weighted by Crippen LogP contribution is 2.41. The molecule has 116 valence electrons. The first kappa shape index (κ1) is 14.8. The molecule has 1 unspecified atom stereocenters. The van der Waals surface area contributed by atoms with E-state index in [-0.39, 0.29) is 17.5 Å². The summed E-state index contributed by atoms with van der Waals surface area (Å²) in [5, 5.41) is 11.5. The van der Waals surface area contributed by atoms with Crippen LogP contribution in [0.3, 0.4) is 0 Å². The minimum atomic E-state index is -0.456. The molecule has 3 rings (SSSR count). The number of tetrazole rings is 1. The molecule has 0 radical (unpaired) electrons. The Morgan fingerprint density at radius 3 is 3.10 bits per heavy atom. The fourth-order valence-corrected chi connectivity index (χ4v) is 4.31. The number of carbonyl (C=O) groups excluding carboxylic acids is 1. The Hall–Kier alpha value is -1.15. The molecule has 2 saturated heterocycles. The van der Waals surface area contributed by atoms with Crippen molar-refractivity contribution in [2.45, 2.75) is 44.2 Å². The summed E-state index contributed by atoms with van der Waals surface area (Å²) in [6.07, 6.45) is 3.81. The zero-order valence-corrected chi connectivity index (χ0v) is 13.0. The van der Waals surface area contributed by atoms with Crippen molar-refractivity contribution in [3.63, 3.8) is 0 Å². The van der Waals surface area contributed by atoms with Crippen molar-refractivity contribution in [2.75, 3.05) is 24.7 Å². The fraction of sp³-hybridized carbons (Fsp3) is 0.846. The van der Waals surface area contributed by atoms with Gasteiger partial charge in [-0.1, -0.05) is 0 Å². The third kappa shape index (κ3) is 3.06. The van der Waals surface area contributed by atoms with Gasteiger partial charge in [0.05, 0.1) is 18.2 Å². The summed E-state index contributed by atoms with van der Waals surface area (Å²) in [6.45, 7) is 2.78. The molecular weight excluding hydrogens is 292 g/mol. The average molecular weight is 312 g/mol. The average Bonchev–Trinajstić information content (AvgIpc) is 2.98. The van der Waals surface area contributed by atoms with E-state index in [0.29, 0.717) is 13.2 Å². The molecule has 1 aromatic heterocycles. The topological polar surface area (TPSA) is 79.1 Å². The van der Waals surface area contributed by atoms with Crippen molar-refractivity contribution >= 4 is 17.7 Å². The second-order valence-corrected chi connectivity index (χ2v) is 6.68. The van der Waals surface area contributed by atoms with Crippen LogP contribution in [0.15, 0.2) is 0 Å². The molecule has 21 heavy (non-hydrogen) atoms. The highest BCUT2D eigenvalue weighted by molar-refractivity contribution is 7.99. The molecule has 2 aliphatic heterocycles. The van der Waals surface area contributed by atoms with Crippen molar-refractivity contribution in [1.29, 1.82) is 0 Å². The van der Waals surface area contributed by atoms with Gasteiger partial charge in [0.2, 0.25) is 0 Å². The number of carbonyl (C=O) groups is 1. The zero-order chi connectivity index (χ0) is 14.7. The highest BCUT2D eigenvalue weighted by Gasteiger charge is 2.40. The van der Waals surface area contributed by atoms with Crippen LogP contribution < -0.4 is 0 Å². The van der Waals surface area contributed by atoms with Gasteiger partial charge >= 0.3 is 5.97 Å². The van der Waals surface area contributed by atoms with Gasteiger partial charge in [-0.25, -0.2) is 9.48 Å². The van der Waals surface area contributed by atoms with Crippen LogP contribution in [0.2, 0.25) is 0 Å². The molecule has 1 spiro atoms. The first-order chi connectivity index (χ1) is 10.2. The Bertz CT molecular complexity index is 496. The quantitative estimate of drug-likeness (QED) is 0.782. The largest absolute Gasteiger partial charge is 0.460 e. The summed E-state index contributed by atoms with van der Waals surface area (Å²) in [7, 11) is 0. The van der Waals surface area contributed by atoms with E-state index < -0.39 is 5.97 Å². The molecule has 1 aromatic rings. The molecule has 0 N–H and O–H groups in total. The Morgan fingerprint density at radius 1 is 1.52 bits per heavy atom. The van der Waals surface area contributed by atoms with Crippen molar-refractivity contribution in [2.24, 2.45) is 0 Å². The summed E-state index contributed by atoms with van der Waals surface area (Å²) < 4.78 is 12.7. The molecule has 1 atom stereocenters. The van der Waals surface area contributed by atoms with Gasteiger partial charge in [0, 0.05) is 6.61 Å². The second kappa shape index (κ2) is 6.31. The first-order valence-electron chi connectivity index (χ1n) is 7.41. The summed E-state index contributed by atoms with van der Waals surface area (Å²) in [5.74, 6) is 2.01. The Kier molecular flexibility index (Phi) is 4.44. The van der Waals surface area contributed by atoms with E-state index in [9.17, 15) is 4.79 Å². The van der Waals surface area contributed by atoms with Crippen LogP contribution in [-0.4, -0.2) is 56.5 Å². The third-order valence-electron chi connectivity index (χ3n) is 4.17. The van der Waals surface area contributed by atoms with Crippen LogP contribution in [0, 0.1) is 0 Å². The molecule has 0 aromatic carbocycles. The lowest BCUT2D eigenvalue weighted by molar-refractivity contribution is -0.101. The molecule has 0 saturated carbocycles. The van der Waals surface area contributed by atoms with E-state index in [1.807, 2.05) is 11.8 Å². The van der Waals surface area contributed by atoms with E-state index in [1.54, 1.807) is 11.6 Å². The number of esters is 1. The SMILES string of the molecule is CCOC(=O)c1nnnn1C1CCOC2(CCSCC2)C1. The maximum absolute atomic E-state index is 11.9. The maximum Gasteiger partial charge on any atom is 0.378 e. The third-order valence-corrected chi connectivity index (χ3v) is 5.15. The van der Waals surface area contributed by atoms with Crippen LogP contribution in [0.5, 0.6) is 0 Å². The molecule has 2 fully saturated rings. The maximum atomic E-state index is 11.9. The van der Waals surface area contributed by atoms with Crippen molar-refractivity contribution in [3.8, 4) is 0 Å².